The number of nitrogens with two attached hydrogens (primary N) is 1. The van der Waals surface area contributed by atoms with Crippen LogP contribution < -0.4 is 10.5 Å². The molecule has 20 heavy (non-hydrogen) atoms. The van der Waals surface area contributed by atoms with Crippen LogP contribution in [0.25, 0.3) is 0 Å². The van der Waals surface area contributed by atoms with Crippen LogP contribution in [0, 0.1) is 0 Å². The minimum Gasteiger partial charge on any atom is -0.370 e. The van der Waals surface area contributed by atoms with Crippen LogP contribution in [0.15, 0.2) is 4.99 Å². The average Bonchev–Trinajstić information content (AvgIpc) is 2.51. The number of guanidine groups is 1. The molecular formula is C12H27IN4O2S. The van der Waals surface area contributed by atoms with E-state index in [2.05, 4.69) is 14.6 Å². The molecule has 1 heterocycles. The molecule has 3 N–H and O–H groups in total. The summed E-state index contributed by atoms with van der Waals surface area (Å²) in [7, 11) is -3.23. The van der Waals surface area contributed by atoms with Gasteiger partial charge in [0.05, 0.1) is 12.8 Å². The quantitative estimate of drug-likeness (QED) is 0.407. The fourth-order valence-corrected chi connectivity index (χ4v) is 3.28. The molecule has 1 aliphatic rings. The number of halogens is 1. The Kier molecular flexibility index (Phi) is 8.34. The molecule has 0 aromatic heterocycles. The highest BCUT2D eigenvalue weighted by Crippen LogP contribution is 2.10. The van der Waals surface area contributed by atoms with Crippen molar-refractivity contribution in [1.29, 1.82) is 0 Å². The van der Waals surface area contributed by atoms with E-state index in [0.29, 0.717) is 12.5 Å². The maximum absolute atomic E-state index is 11.2. The first-order chi connectivity index (χ1) is 8.70. The van der Waals surface area contributed by atoms with Gasteiger partial charge in [-0.1, -0.05) is 12.8 Å². The summed E-state index contributed by atoms with van der Waals surface area (Å²) < 4.78 is 25.0. The molecule has 0 radical (unpaired) electrons. The number of sulfonamides is 1. The molecule has 8 heteroatoms. The molecule has 1 aliphatic heterocycles. The molecule has 0 saturated carbocycles. The Morgan fingerprint density at radius 2 is 1.75 bits per heavy atom. The van der Waals surface area contributed by atoms with Gasteiger partial charge in [0.25, 0.3) is 0 Å². The number of likely N-dealkylation sites (tertiary alicyclic amines) is 1. The van der Waals surface area contributed by atoms with E-state index in [1.807, 2.05) is 0 Å². The van der Waals surface area contributed by atoms with Gasteiger partial charge in [-0.25, -0.2) is 13.1 Å². The summed E-state index contributed by atoms with van der Waals surface area (Å²) >= 11 is 0. The third-order valence-corrected chi connectivity index (χ3v) is 3.95. The predicted octanol–water partition coefficient (Wildman–Crippen LogP) is 1.12. The van der Waals surface area contributed by atoms with E-state index in [9.17, 15) is 8.42 Å². The number of hydrogen-bond donors (Lipinski definition) is 2. The fourth-order valence-electron chi connectivity index (χ4n) is 2.21. The molecule has 0 spiro atoms. The van der Waals surface area contributed by atoms with E-state index in [1.165, 1.54) is 12.8 Å². The summed E-state index contributed by atoms with van der Waals surface area (Å²) in [6.07, 6.45) is 5.91. The van der Waals surface area contributed by atoms with Gasteiger partial charge in [0.1, 0.15) is 0 Å². The van der Waals surface area contributed by atoms with Gasteiger partial charge in [-0.2, -0.15) is 0 Å². The van der Waals surface area contributed by atoms with Crippen molar-refractivity contribution in [2.45, 2.75) is 45.1 Å². The molecule has 0 aliphatic carbocycles. The Labute approximate surface area is 139 Å². The molecule has 1 fully saturated rings. The van der Waals surface area contributed by atoms with Crippen LogP contribution in [0.3, 0.4) is 0 Å². The second kappa shape index (κ2) is 8.38. The van der Waals surface area contributed by atoms with Crippen LogP contribution in [0.2, 0.25) is 0 Å². The predicted molar refractivity (Wildman–Crippen MR) is 94.0 cm³/mol. The Balaban J connectivity index is 0.00000361. The van der Waals surface area contributed by atoms with Gasteiger partial charge < -0.3 is 10.6 Å². The number of hydrogen-bond acceptors (Lipinski definition) is 3. The summed E-state index contributed by atoms with van der Waals surface area (Å²) in [6.45, 7) is 5.81. The Bertz CT molecular complexity index is 415. The second-order valence-corrected chi connectivity index (χ2v) is 7.58. The van der Waals surface area contributed by atoms with Crippen LogP contribution in [-0.2, 0) is 10.0 Å². The third-order valence-electron chi connectivity index (χ3n) is 3.03. The molecule has 0 atom stereocenters. The Morgan fingerprint density at radius 3 is 2.20 bits per heavy atom. The molecule has 0 aromatic rings. The first-order valence-electron chi connectivity index (χ1n) is 6.73. The van der Waals surface area contributed by atoms with Crippen LogP contribution in [0.1, 0.15) is 39.5 Å². The highest BCUT2D eigenvalue weighted by Gasteiger charge is 2.22. The largest absolute Gasteiger partial charge is 0.370 e. The normalized spacial score (nSPS) is 18.4. The zero-order valence-corrected chi connectivity index (χ0v) is 15.7. The SMILES string of the molecule is CC(C)(CN=C(N)N1CCCCCC1)NS(C)(=O)=O.I. The van der Waals surface area contributed by atoms with Gasteiger partial charge in [-0.05, 0) is 26.7 Å². The van der Waals surface area contributed by atoms with E-state index in [4.69, 9.17) is 5.73 Å². The van der Waals surface area contributed by atoms with Gasteiger partial charge in [0.2, 0.25) is 10.0 Å². The molecule has 0 amide bonds. The van der Waals surface area contributed by atoms with Crippen LogP contribution in [0.4, 0.5) is 0 Å². The molecule has 6 nitrogen and oxygen atoms in total. The van der Waals surface area contributed by atoms with Crippen molar-refractivity contribution in [2.75, 3.05) is 25.9 Å². The van der Waals surface area contributed by atoms with Gasteiger partial charge in [0, 0.05) is 18.6 Å². The van der Waals surface area contributed by atoms with E-state index >= 15 is 0 Å². The number of rotatable bonds is 4. The van der Waals surface area contributed by atoms with E-state index in [0.717, 1.165) is 32.2 Å². The fraction of sp³-hybridized carbons (Fsp3) is 0.917. The van der Waals surface area contributed by atoms with Crippen LogP contribution in [0.5, 0.6) is 0 Å². The second-order valence-electron chi connectivity index (χ2n) is 5.83. The molecule has 0 bridgehead atoms. The minimum absolute atomic E-state index is 0. The van der Waals surface area contributed by atoms with E-state index in [1.54, 1.807) is 13.8 Å². The van der Waals surface area contributed by atoms with Gasteiger partial charge in [-0.3, -0.25) is 4.99 Å². The van der Waals surface area contributed by atoms with Crippen molar-refractivity contribution in [2.24, 2.45) is 10.7 Å². The monoisotopic (exact) mass is 418 g/mol. The summed E-state index contributed by atoms with van der Waals surface area (Å²) in [5, 5.41) is 0. The summed E-state index contributed by atoms with van der Waals surface area (Å²) in [4.78, 5) is 6.43. The number of nitrogens with one attached hydrogen (secondary N) is 1. The van der Waals surface area contributed by atoms with Crippen LogP contribution >= 0.6 is 24.0 Å². The van der Waals surface area contributed by atoms with Gasteiger partial charge in [0.15, 0.2) is 5.96 Å². The summed E-state index contributed by atoms with van der Waals surface area (Å²) in [6, 6.07) is 0. The lowest BCUT2D eigenvalue weighted by atomic mass is 10.1. The van der Waals surface area contributed by atoms with Crippen molar-refractivity contribution in [3.8, 4) is 0 Å². The van der Waals surface area contributed by atoms with Crippen LogP contribution in [-0.4, -0.2) is 50.7 Å². The van der Waals surface area contributed by atoms with Gasteiger partial charge >= 0.3 is 0 Å². The molecule has 1 saturated heterocycles. The Morgan fingerprint density at radius 1 is 1.25 bits per heavy atom. The third kappa shape index (κ3) is 8.25. The zero-order valence-electron chi connectivity index (χ0n) is 12.6. The first kappa shape index (κ1) is 19.9. The van der Waals surface area contributed by atoms with E-state index < -0.39 is 15.6 Å². The topological polar surface area (TPSA) is 87.8 Å². The lowest BCUT2D eigenvalue weighted by molar-refractivity contribution is 0.419. The van der Waals surface area contributed by atoms with Crippen molar-refractivity contribution in [1.82, 2.24) is 9.62 Å². The Hall–Kier alpha value is -0.0900. The molecule has 0 unspecified atom stereocenters. The molecule has 120 valence electrons. The summed E-state index contributed by atoms with van der Waals surface area (Å²) in [5.74, 6) is 0.519. The molecule has 0 aromatic carbocycles. The highest BCUT2D eigenvalue weighted by molar-refractivity contribution is 14.0. The van der Waals surface area contributed by atoms with Crippen molar-refractivity contribution < 1.29 is 8.42 Å². The summed E-state index contributed by atoms with van der Waals surface area (Å²) in [5.41, 5.74) is 5.37. The smallest absolute Gasteiger partial charge is 0.209 e. The lowest BCUT2D eigenvalue weighted by Crippen LogP contribution is -2.46. The van der Waals surface area contributed by atoms with Crippen molar-refractivity contribution in [3.63, 3.8) is 0 Å². The standard InChI is InChI=1S/C12H26N4O2S.HI/c1-12(2,15-19(3,17)18)10-14-11(13)16-8-6-4-5-7-9-16;/h15H,4-10H2,1-3H3,(H2,13,14);1H. The van der Waals surface area contributed by atoms with Crippen molar-refractivity contribution in [3.05, 3.63) is 0 Å². The zero-order chi connectivity index (χ0) is 14.5. The van der Waals surface area contributed by atoms with Crippen molar-refractivity contribution >= 4 is 40.0 Å². The molecule has 1 rings (SSSR count). The van der Waals surface area contributed by atoms with E-state index in [-0.39, 0.29) is 24.0 Å². The average molecular weight is 418 g/mol. The maximum Gasteiger partial charge on any atom is 0.209 e. The number of aliphatic imine (C=N–C) groups is 1. The lowest BCUT2D eigenvalue weighted by Gasteiger charge is -2.25. The maximum atomic E-state index is 11.2. The first-order valence-corrected chi connectivity index (χ1v) is 8.63. The molecular weight excluding hydrogens is 391 g/mol. The minimum atomic E-state index is -3.23. The highest BCUT2D eigenvalue weighted by atomic mass is 127. The number of nitrogens with zero attached hydrogens (tertiary/aromatic N) is 2. The van der Waals surface area contributed by atoms with Gasteiger partial charge in [-0.15, -0.1) is 24.0 Å².